The zero-order valence-electron chi connectivity index (χ0n) is 22.6. The molecule has 2 saturated heterocycles. The molecule has 0 bridgehead atoms. The van der Waals surface area contributed by atoms with Gasteiger partial charge in [-0.3, -0.25) is 19.3 Å². The highest BCUT2D eigenvalue weighted by Gasteiger charge is 2.66. The molecule has 3 aliphatic rings. The van der Waals surface area contributed by atoms with Crippen LogP contribution in [-0.2, 0) is 24.7 Å². The highest BCUT2D eigenvalue weighted by Crippen LogP contribution is 2.53. The maximum atomic E-state index is 14.4. The molecule has 0 aromatic heterocycles. The second kappa shape index (κ2) is 11.1. The van der Waals surface area contributed by atoms with E-state index in [1.165, 1.54) is 9.80 Å². The number of Topliss-reactive ketones (excluding diaryl/α,β-unsaturated/α-hetero) is 1. The summed E-state index contributed by atoms with van der Waals surface area (Å²) < 4.78 is 11.1. The largest absolute Gasteiger partial charge is 0.507 e. The Hall–Kier alpha value is -4.21. The Kier molecular flexibility index (Phi) is 7.60. The number of benzene rings is 2. The first-order chi connectivity index (χ1) is 19.4. The van der Waals surface area contributed by atoms with E-state index in [-0.39, 0.29) is 18.7 Å². The van der Waals surface area contributed by atoms with Crippen LogP contribution in [0.4, 0.5) is 5.69 Å². The number of fused-ring (bicyclic) bond motifs is 2. The van der Waals surface area contributed by atoms with Gasteiger partial charge in [0.15, 0.2) is 5.54 Å². The first-order valence-electron chi connectivity index (χ1n) is 13.3. The van der Waals surface area contributed by atoms with E-state index in [2.05, 4.69) is 18.1 Å². The smallest absolute Gasteiger partial charge is 0.296 e. The first-order valence-corrected chi connectivity index (χ1v) is 13.3. The lowest BCUT2D eigenvalue weighted by Crippen LogP contribution is -2.54. The van der Waals surface area contributed by atoms with Crippen molar-refractivity contribution in [1.29, 1.82) is 0 Å². The molecule has 2 amide bonds. The third kappa shape index (κ3) is 4.31. The van der Waals surface area contributed by atoms with Gasteiger partial charge in [0.2, 0.25) is 0 Å². The third-order valence-electron chi connectivity index (χ3n) is 7.67. The first kappa shape index (κ1) is 27.4. The molecule has 0 saturated carbocycles. The minimum atomic E-state index is -1.81. The Bertz CT molecular complexity index is 1410. The molecule has 40 heavy (non-hydrogen) atoms. The Morgan fingerprint density at radius 3 is 2.52 bits per heavy atom. The van der Waals surface area contributed by atoms with Crippen molar-refractivity contribution in [3.8, 4) is 5.75 Å². The summed E-state index contributed by atoms with van der Waals surface area (Å²) in [5.74, 6) is -2.00. The van der Waals surface area contributed by atoms with Crippen LogP contribution in [0.5, 0.6) is 5.75 Å². The zero-order valence-corrected chi connectivity index (χ0v) is 22.6. The minimum absolute atomic E-state index is 0.122. The predicted molar refractivity (Wildman–Crippen MR) is 151 cm³/mol. The standard InChI is InChI=1S/C31H33N3O6/c1-4-12-33-24-9-7-6-8-23(24)31(30(33)38)26(27(35)22-10-11-25(21(3)20-22)40-17-5-2)28(36)29(37)34(31)14-13-32-15-18-39-19-16-32/h4-11,20,35H,1-2,12-19H2,3H3/t31-/m1/s1. The Balaban J connectivity index is 1.68. The number of nitrogens with zero attached hydrogens (tertiary/aromatic N) is 3. The normalized spacial score (nSPS) is 22.2. The van der Waals surface area contributed by atoms with Gasteiger partial charge in [0.1, 0.15) is 18.1 Å². The monoisotopic (exact) mass is 543 g/mol. The van der Waals surface area contributed by atoms with Gasteiger partial charge >= 0.3 is 0 Å². The van der Waals surface area contributed by atoms with Crippen LogP contribution in [0.15, 0.2) is 73.3 Å². The van der Waals surface area contributed by atoms with Crippen molar-refractivity contribution >= 4 is 29.0 Å². The van der Waals surface area contributed by atoms with Crippen LogP contribution in [-0.4, -0.2) is 85.0 Å². The average molecular weight is 544 g/mol. The molecule has 2 aromatic carbocycles. The number of likely N-dealkylation sites (tertiary alicyclic amines) is 1. The number of carbonyl (C=O) groups excluding carboxylic acids is 3. The molecule has 1 spiro atoms. The van der Waals surface area contributed by atoms with Gasteiger partial charge in [-0.2, -0.15) is 0 Å². The molecule has 3 heterocycles. The van der Waals surface area contributed by atoms with E-state index in [0.717, 1.165) is 0 Å². The molecule has 5 rings (SSSR count). The molecule has 2 aromatic rings. The van der Waals surface area contributed by atoms with Gasteiger partial charge < -0.3 is 24.4 Å². The lowest BCUT2D eigenvalue weighted by molar-refractivity contribution is -0.144. The molecule has 3 aliphatic heterocycles. The summed E-state index contributed by atoms with van der Waals surface area (Å²) in [6.45, 7) is 12.8. The number of aliphatic hydroxyl groups excluding tert-OH is 1. The fourth-order valence-corrected chi connectivity index (χ4v) is 5.79. The summed E-state index contributed by atoms with van der Waals surface area (Å²) in [5, 5.41) is 11.7. The summed E-state index contributed by atoms with van der Waals surface area (Å²) in [6, 6.07) is 12.1. The molecule has 1 atom stereocenters. The average Bonchev–Trinajstić information content (AvgIpc) is 3.34. The summed E-state index contributed by atoms with van der Waals surface area (Å²) in [7, 11) is 0. The van der Waals surface area contributed by atoms with Gasteiger partial charge in [-0.05, 0) is 36.8 Å². The number of hydrogen-bond donors (Lipinski definition) is 1. The molecule has 0 radical (unpaired) electrons. The van der Waals surface area contributed by atoms with Crippen molar-refractivity contribution in [2.75, 3.05) is 57.4 Å². The zero-order chi connectivity index (χ0) is 28.4. The number of anilines is 1. The lowest BCUT2D eigenvalue weighted by atomic mass is 9.81. The molecule has 1 N–H and O–H groups in total. The highest BCUT2D eigenvalue weighted by atomic mass is 16.5. The number of aryl methyl sites for hydroxylation is 1. The van der Waals surface area contributed by atoms with Crippen LogP contribution >= 0.6 is 0 Å². The van der Waals surface area contributed by atoms with Crippen molar-refractivity contribution < 1.29 is 29.0 Å². The number of morpholine rings is 1. The quantitative estimate of drug-likeness (QED) is 0.225. The van der Waals surface area contributed by atoms with E-state index in [4.69, 9.17) is 9.47 Å². The van der Waals surface area contributed by atoms with Crippen molar-refractivity contribution in [1.82, 2.24) is 9.80 Å². The van der Waals surface area contributed by atoms with Crippen molar-refractivity contribution in [2.45, 2.75) is 12.5 Å². The summed E-state index contributed by atoms with van der Waals surface area (Å²) in [5.41, 5.74) is 0.0287. The second-order valence-electron chi connectivity index (χ2n) is 9.98. The third-order valence-corrected chi connectivity index (χ3v) is 7.67. The van der Waals surface area contributed by atoms with Crippen LogP contribution in [0.25, 0.3) is 5.76 Å². The van der Waals surface area contributed by atoms with Crippen LogP contribution in [0.2, 0.25) is 0 Å². The van der Waals surface area contributed by atoms with Gasteiger partial charge in [0, 0.05) is 43.9 Å². The highest BCUT2D eigenvalue weighted by molar-refractivity contribution is 6.50. The lowest BCUT2D eigenvalue weighted by Gasteiger charge is -2.36. The number of hydrogen-bond acceptors (Lipinski definition) is 7. The second-order valence-corrected chi connectivity index (χ2v) is 9.98. The van der Waals surface area contributed by atoms with Gasteiger partial charge in [-0.1, -0.05) is 36.9 Å². The van der Waals surface area contributed by atoms with Crippen LogP contribution in [0.1, 0.15) is 16.7 Å². The van der Waals surface area contributed by atoms with E-state index in [0.29, 0.717) is 67.6 Å². The van der Waals surface area contributed by atoms with Gasteiger partial charge in [-0.15, -0.1) is 6.58 Å². The Labute approximate surface area is 233 Å². The summed E-state index contributed by atoms with van der Waals surface area (Å²) in [4.78, 5) is 46.9. The minimum Gasteiger partial charge on any atom is -0.507 e. The fourth-order valence-electron chi connectivity index (χ4n) is 5.79. The van der Waals surface area contributed by atoms with Crippen LogP contribution in [0.3, 0.4) is 0 Å². The number of carbonyl (C=O) groups is 3. The van der Waals surface area contributed by atoms with E-state index < -0.39 is 28.9 Å². The van der Waals surface area contributed by atoms with Crippen molar-refractivity contribution in [3.63, 3.8) is 0 Å². The number of amides is 2. The van der Waals surface area contributed by atoms with E-state index >= 15 is 0 Å². The molecule has 208 valence electrons. The van der Waals surface area contributed by atoms with Gasteiger partial charge in [-0.25, -0.2) is 0 Å². The molecular formula is C31H33N3O6. The van der Waals surface area contributed by atoms with Crippen LogP contribution in [0, 0.1) is 6.92 Å². The predicted octanol–water partition coefficient (Wildman–Crippen LogP) is 3.00. The van der Waals surface area contributed by atoms with Gasteiger partial charge in [0.05, 0.1) is 24.5 Å². The van der Waals surface area contributed by atoms with E-state index in [1.54, 1.807) is 54.6 Å². The van der Waals surface area contributed by atoms with Crippen molar-refractivity contribution in [2.24, 2.45) is 0 Å². The SMILES string of the molecule is C=CCOc1ccc(C(O)=C2C(=O)C(=O)N(CCN3CCOCC3)[C@@]23C(=O)N(CC=C)c2ccccc23)cc1C. The molecule has 9 nitrogen and oxygen atoms in total. The number of rotatable bonds is 9. The molecular weight excluding hydrogens is 510 g/mol. The Morgan fingerprint density at radius 2 is 1.82 bits per heavy atom. The number of ether oxygens (including phenoxy) is 2. The molecule has 2 fully saturated rings. The Morgan fingerprint density at radius 1 is 1.07 bits per heavy atom. The number of aliphatic hydroxyl groups is 1. The van der Waals surface area contributed by atoms with Gasteiger partial charge in [0.25, 0.3) is 17.6 Å². The number of para-hydroxylation sites is 1. The van der Waals surface area contributed by atoms with E-state index in [1.807, 2.05) is 6.92 Å². The topological polar surface area (TPSA) is 99.6 Å². The maximum absolute atomic E-state index is 14.4. The van der Waals surface area contributed by atoms with Crippen molar-refractivity contribution in [3.05, 3.63) is 90.0 Å². The summed E-state index contributed by atoms with van der Waals surface area (Å²) in [6.07, 6.45) is 3.22. The molecule has 9 heteroatoms. The molecule has 0 unspecified atom stereocenters. The maximum Gasteiger partial charge on any atom is 0.296 e. The van der Waals surface area contributed by atoms with E-state index in [9.17, 15) is 19.5 Å². The summed E-state index contributed by atoms with van der Waals surface area (Å²) >= 11 is 0. The fraction of sp³-hybridized carbons (Fsp3) is 0.323. The molecule has 0 aliphatic carbocycles. The number of ketones is 1. The van der Waals surface area contributed by atoms with Crippen LogP contribution < -0.4 is 9.64 Å².